The summed E-state index contributed by atoms with van der Waals surface area (Å²) in [6, 6.07) is 16.4. The number of carbonyl (C=O) groups is 2. The third-order valence-electron chi connectivity index (χ3n) is 5.94. The fourth-order valence-corrected chi connectivity index (χ4v) is 4.39. The van der Waals surface area contributed by atoms with Crippen molar-refractivity contribution in [3.63, 3.8) is 0 Å². The second kappa shape index (κ2) is 8.78. The number of aryl methyl sites for hydroxylation is 1. The molecule has 1 fully saturated rings. The molecule has 1 spiro atoms. The Labute approximate surface area is 181 Å². The molecule has 0 bridgehead atoms. The molecule has 7 nitrogen and oxygen atoms in total. The SMILES string of the molecule is N#CCc1ccc(OCC(O)CN2C(=O)NC3(CCCCc4ccccc43)C2=O)cc1. The summed E-state index contributed by atoms with van der Waals surface area (Å²) in [7, 11) is 0. The summed E-state index contributed by atoms with van der Waals surface area (Å²) >= 11 is 0. The van der Waals surface area contributed by atoms with Gasteiger partial charge in [-0.05, 0) is 54.5 Å². The van der Waals surface area contributed by atoms with Crippen LogP contribution in [0.4, 0.5) is 4.79 Å². The van der Waals surface area contributed by atoms with Gasteiger partial charge in [-0.25, -0.2) is 4.79 Å². The minimum atomic E-state index is -1.05. The van der Waals surface area contributed by atoms with Gasteiger partial charge in [0.1, 0.15) is 24.0 Å². The van der Waals surface area contributed by atoms with Crippen LogP contribution in [0.15, 0.2) is 48.5 Å². The molecule has 0 saturated carbocycles. The molecule has 2 atom stereocenters. The number of nitrogens with one attached hydrogen (secondary N) is 1. The molecular weight excluding hydrogens is 394 g/mol. The number of aliphatic hydroxyl groups excluding tert-OH is 1. The number of imide groups is 1. The Bertz CT molecular complexity index is 1010. The fourth-order valence-electron chi connectivity index (χ4n) is 4.39. The van der Waals surface area contributed by atoms with Crippen LogP contribution in [0.5, 0.6) is 5.75 Å². The minimum Gasteiger partial charge on any atom is -0.491 e. The monoisotopic (exact) mass is 419 g/mol. The Balaban J connectivity index is 1.43. The number of hydrogen-bond acceptors (Lipinski definition) is 5. The van der Waals surface area contributed by atoms with Crippen LogP contribution in [0.3, 0.4) is 0 Å². The molecule has 0 aromatic heterocycles. The van der Waals surface area contributed by atoms with E-state index < -0.39 is 17.7 Å². The number of benzene rings is 2. The van der Waals surface area contributed by atoms with E-state index in [9.17, 15) is 14.7 Å². The summed E-state index contributed by atoms with van der Waals surface area (Å²) in [6.45, 7) is -0.195. The van der Waals surface area contributed by atoms with Gasteiger partial charge in [-0.15, -0.1) is 0 Å². The van der Waals surface area contributed by atoms with Gasteiger partial charge in [0, 0.05) is 0 Å². The van der Waals surface area contributed by atoms with Gasteiger partial charge in [-0.3, -0.25) is 9.69 Å². The van der Waals surface area contributed by atoms with E-state index in [1.807, 2.05) is 24.3 Å². The van der Waals surface area contributed by atoms with E-state index in [1.54, 1.807) is 24.3 Å². The van der Waals surface area contributed by atoms with E-state index in [0.717, 1.165) is 40.9 Å². The molecule has 1 heterocycles. The Morgan fingerprint density at radius 3 is 2.71 bits per heavy atom. The molecule has 1 aliphatic carbocycles. The number of hydrogen-bond donors (Lipinski definition) is 2. The molecule has 2 unspecified atom stereocenters. The van der Waals surface area contributed by atoms with E-state index in [4.69, 9.17) is 10.00 Å². The van der Waals surface area contributed by atoms with Crippen molar-refractivity contribution in [2.24, 2.45) is 0 Å². The fraction of sp³-hybridized carbons (Fsp3) is 0.375. The highest BCUT2D eigenvalue weighted by Gasteiger charge is 2.53. The van der Waals surface area contributed by atoms with Crippen molar-refractivity contribution < 1.29 is 19.4 Å². The molecule has 7 heteroatoms. The number of aliphatic hydroxyl groups is 1. The lowest BCUT2D eigenvalue weighted by molar-refractivity contribution is -0.133. The molecule has 0 radical (unpaired) electrons. The number of carbonyl (C=O) groups excluding carboxylic acids is 2. The first kappa shape index (κ1) is 20.9. The molecule has 4 rings (SSSR count). The number of ether oxygens (including phenoxy) is 1. The molecule has 3 amide bonds. The molecule has 1 aliphatic heterocycles. The zero-order chi connectivity index (χ0) is 21.8. The van der Waals surface area contributed by atoms with Crippen LogP contribution in [0, 0.1) is 11.3 Å². The molecule has 2 aliphatic rings. The van der Waals surface area contributed by atoms with Crippen LogP contribution in [0.25, 0.3) is 0 Å². The highest BCUT2D eigenvalue weighted by Crippen LogP contribution is 2.39. The first-order valence-electron chi connectivity index (χ1n) is 10.5. The summed E-state index contributed by atoms with van der Waals surface area (Å²) < 4.78 is 5.59. The molecule has 1 saturated heterocycles. The Morgan fingerprint density at radius 1 is 1.16 bits per heavy atom. The van der Waals surface area contributed by atoms with Crippen molar-refractivity contribution in [3.8, 4) is 11.8 Å². The van der Waals surface area contributed by atoms with Gasteiger partial charge < -0.3 is 15.2 Å². The number of urea groups is 1. The largest absolute Gasteiger partial charge is 0.491 e. The third kappa shape index (κ3) is 4.12. The summed E-state index contributed by atoms with van der Waals surface area (Å²) in [5.74, 6) is 0.235. The van der Waals surface area contributed by atoms with Crippen molar-refractivity contribution in [2.75, 3.05) is 13.2 Å². The maximum absolute atomic E-state index is 13.4. The molecular formula is C24H25N3O4. The maximum atomic E-state index is 13.4. The minimum absolute atomic E-state index is 0.0573. The van der Waals surface area contributed by atoms with Crippen LogP contribution < -0.4 is 10.1 Å². The molecule has 2 N–H and O–H groups in total. The average molecular weight is 419 g/mol. The van der Waals surface area contributed by atoms with E-state index >= 15 is 0 Å². The maximum Gasteiger partial charge on any atom is 0.325 e. The van der Waals surface area contributed by atoms with Gasteiger partial charge >= 0.3 is 6.03 Å². The number of nitriles is 1. The quantitative estimate of drug-likeness (QED) is 0.701. The Kier molecular flexibility index (Phi) is 5.92. The zero-order valence-electron chi connectivity index (χ0n) is 17.2. The van der Waals surface area contributed by atoms with Crippen molar-refractivity contribution in [2.45, 2.75) is 43.7 Å². The number of nitrogens with zero attached hydrogens (tertiary/aromatic N) is 2. The lowest BCUT2D eigenvalue weighted by Crippen LogP contribution is -2.45. The highest BCUT2D eigenvalue weighted by atomic mass is 16.5. The normalized spacial score (nSPS) is 21.2. The van der Waals surface area contributed by atoms with Crippen LogP contribution in [-0.4, -0.2) is 41.2 Å². The first-order chi connectivity index (χ1) is 15.0. The van der Waals surface area contributed by atoms with E-state index in [0.29, 0.717) is 18.6 Å². The number of amides is 3. The average Bonchev–Trinajstić information content (AvgIpc) is 2.91. The number of fused-ring (bicyclic) bond motifs is 2. The van der Waals surface area contributed by atoms with Crippen LogP contribution in [-0.2, 0) is 23.2 Å². The van der Waals surface area contributed by atoms with Gasteiger partial charge in [0.25, 0.3) is 5.91 Å². The summed E-state index contributed by atoms with van der Waals surface area (Å²) in [4.78, 5) is 27.2. The van der Waals surface area contributed by atoms with Gasteiger partial charge in [0.05, 0.1) is 19.0 Å². The van der Waals surface area contributed by atoms with E-state index in [-0.39, 0.29) is 19.1 Å². The first-order valence-corrected chi connectivity index (χ1v) is 10.5. The second-order valence-corrected chi connectivity index (χ2v) is 8.06. The second-order valence-electron chi connectivity index (χ2n) is 8.06. The lowest BCUT2D eigenvalue weighted by Gasteiger charge is -2.27. The van der Waals surface area contributed by atoms with Crippen LogP contribution >= 0.6 is 0 Å². The topological polar surface area (TPSA) is 103 Å². The van der Waals surface area contributed by atoms with Crippen LogP contribution in [0.2, 0.25) is 0 Å². The van der Waals surface area contributed by atoms with Gasteiger partial charge in [-0.2, -0.15) is 5.26 Å². The van der Waals surface area contributed by atoms with Gasteiger partial charge in [-0.1, -0.05) is 36.4 Å². The standard InChI is InChI=1S/C24H25N3O4/c25-14-12-17-8-10-20(11-9-17)31-16-19(28)15-27-22(29)24(26-23(27)30)13-4-3-6-18-5-1-2-7-21(18)24/h1-2,5,7-11,19,28H,3-4,6,12-13,15-16H2,(H,26,30). The smallest absolute Gasteiger partial charge is 0.325 e. The highest BCUT2D eigenvalue weighted by molar-refractivity contribution is 6.07. The van der Waals surface area contributed by atoms with Gasteiger partial charge in [0.15, 0.2) is 0 Å². The Hall–Kier alpha value is -3.37. The molecule has 160 valence electrons. The zero-order valence-corrected chi connectivity index (χ0v) is 17.2. The molecule has 2 aromatic carbocycles. The third-order valence-corrected chi connectivity index (χ3v) is 5.94. The van der Waals surface area contributed by atoms with E-state index in [1.165, 1.54) is 0 Å². The number of β-amino-alcohol motifs (C(OH)–C–C–N with tert-alkyl or cyclic N) is 1. The van der Waals surface area contributed by atoms with Crippen molar-refractivity contribution >= 4 is 11.9 Å². The molecule has 2 aromatic rings. The Morgan fingerprint density at radius 2 is 1.94 bits per heavy atom. The van der Waals surface area contributed by atoms with Crippen molar-refractivity contribution in [1.29, 1.82) is 5.26 Å². The summed E-state index contributed by atoms with van der Waals surface area (Å²) in [6.07, 6.45) is 2.52. The van der Waals surface area contributed by atoms with Crippen LogP contribution in [0.1, 0.15) is 36.0 Å². The number of rotatable bonds is 6. The molecule has 31 heavy (non-hydrogen) atoms. The van der Waals surface area contributed by atoms with E-state index in [2.05, 4.69) is 11.4 Å². The predicted octanol–water partition coefficient (Wildman–Crippen LogP) is 2.67. The van der Waals surface area contributed by atoms with Crippen molar-refractivity contribution in [1.82, 2.24) is 10.2 Å². The lowest BCUT2D eigenvalue weighted by atomic mass is 9.84. The predicted molar refractivity (Wildman–Crippen MR) is 113 cm³/mol. The van der Waals surface area contributed by atoms with Crippen molar-refractivity contribution in [3.05, 3.63) is 65.2 Å². The summed E-state index contributed by atoms with van der Waals surface area (Å²) in [5.41, 5.74) is 1.76. The van der Waals surface area contributed by atoms with Gasteiger partial charge in [0.2, 0.25) is 0 Å². The summed E-state index contributed by atoms with van der Waals surface area (Å²) in [5, 5.41) is 22.1.